The molecule has 0 saturated heterocycles. The third kappa shape index (κ3) is 1.38. The standard InChI is InChI=1S/C9H7N7O2/c10-6-5-7(14-2-13-6)16-8(15-5)3-4(9(17)18)12-1-11-3/h1-2H,(H,11,12)(H,17,18)(H3,10,13,14,15,16). The van der Waals surface area contributed by atoms with Gasteiger partial charge in [0, 0.05) is 0 Å². The topological polar surface area (TPSA) is 146 Å². The lowest BCUT2D eigenvalue weighted by Gasteiger charge is -1.93. The van der Waals surface area contributed by atoms with Gasteiger partial charge in [-0.25, -0.2) is 24.7 Å². The quantitative estimate of drug-likeness (QED) is 0.497. The van der Waals surface area contributed by atoms with E-state index in [-0.39, 0.29) is 23.0 Å². The molecule has 0 saturated carbocycles. The van der Waals surface area contributed by atoms with Crippen molar-refractivity contribution >= 4 is 23.0 Å². The van der Waals surface area contributed by atoms with Crippen LogP contribution < -0.4 is 5.73 Å². The van der Waals surface area contributed by atoms with Crippen molar-refractivity contribution in [2.24, 2.45) is 0 Å². The number of rotatable bonds is 2. The zero-order chi connectivity index (χ0) is 12.7. The number of nitrogen functional groups attached to an aromatic ring is 1. The molecule has 9 nitrogen and oxygen atoms in total. The summed E-state index contributed by atoms with van der Waals surface area (Å²) in [6, 6.07) is 0. The van der Waals surface area contributed by atoms with Crippen LogP contribution in [0.2, 0.25) is 0 Å². The highest BCUT2D eigenvalue weighted by Gasteiger charge is 2.18. The van der Waals surface area contributed by atoms with E-state index in [1.54, 1.807) is 0 Å². The Hall–Kier alpha value is -2.97. The smallest absolute Gasteiger partial charge is 0.354 e. The zero-order valence-electron chi connectivity index (χ0n) is 8.88. The van der Waals surface area contributed by atoms with Crippen molar-refractivity contribution in [3.63, 3.8) is 0 Å². The number of nitrogens with one attached hydrogen (secondary N) is 2. The first-order valence-electron chi connectivity index (χ1n) is 4.90. The van der Waals surface area contributed by atoms with Gasteiger partial charge in [-0.3, -0.25) is 0 Å². The van der Waals surface area contributed by atoms with Crippen molar-refractivity contribution in [3.05, 3.63) is 18.3 Å². The Bertz CT molecular complexity index is 744. The number of carbonyl (C=O) groups is 1. The number of nitrogens with two attached hydrogens (primary N) is 1. The number of carboxylic acids is 1. The first-order chi connectivity index (χ1) is 8.66. The SMILES string of the molecule is Nc1ncnc2nc(-c3nc[nH]c3C(=O)O)[nH]c12. The lowest BCUT2D eigenvalue weighted by molar-refractivity contribution is 0.0692. The first-order valence-corrected chi connectivity index (χ1v) is 4.90. The van der Waals surface area contributed by atoms with Gasteiger partial charge >= 0.3 is 5.97 Å². The molecule has 0 unspecified atom stereocenters. The highest BCUT2D eigenvalue weighted by molar-refractivity contribution is 5.93. The van der Waals surface area contributed by atoms with Crippen molar-refractivity contribution in [3.8, 4) is 11.5 Å². The van der Waals surface area contributed by atoms with Crippen LogP contribution in [0.4, 0.5) is 5.82 Å². The molecule has 5 N–H and O–H groups in total. The van der Waals surface area contributed by atoms with E-state index in [9.17, 15) is 4.79 Å². The van der Waals surface area contributed by atoms with Gasteiger partial charge in [0.05, 0.1) is 6.33 Å². The number of imidazole rings is 2. The normalized spacial score (nSPS) is 10.9. The van der Waals surface area contributed by atoms with Gasteiger partial charge in [0.25, 0.3) is 0 Å². The molecule has 0 radical (unpaired) electrons. The van der Waals surface area contributed by atoms with Gasteiger partial charge in [0.2, 0.25) is 0 Å². The molecule has 0 aromatic carbocycles. The van der Waals surface area contributed by atoms with Crippen LogP contribution >= 0.6 is 0 Å². The minimum absolute atomic E-state index is 0.0550. The third-order valence-electron chi connectivity index (χ3n) is 2.40. The summed E-state index contributed by atoms with van der Waals surface area (Å²) in [6.45, 7) is 0. The molecule has 9 heteroatoms. The fourth-order valence-electron chi connectivity index (χ4n) is 1.60. The second-order valence-corrected chi connectivity index (χ2v) is 3.47. The van der Waals surface area contributed by atoms with E-state index in [1.807, 2.05) is 0 Å². The fraction of sp³-hybridized carbons (Fsp3) is 0. The van der Waals surface area contributed by atoms with E-state index in [0.29, 0.717) is 11.2 Å². The summed E-state index contributed by atoms with van der Waals surface area (Å²) in [5, 5.41) is 8.98. The largest absolute Gasteiger partial charge is 0.477 e. The molecule has 0 atom stereocenters. The van der Waals surface area contributed by atoms with Crippen molar-refractivity contribution in [1.82, 2.24) is 29.9 Å². The molecule has 3 aromatic rings. The minimum atomic E-state index is -1.12. The van der Waals surface area contributed by atoms with E-state index in [4.69, 9.17) is 10.8 Å². The number of aromatic carboxylic acids is 1. The average molecular weight is 245 g/mol. The number of fused-ring (bicyclic) bond motifs is 1. The summed E-state index contributed by atoms with van der Waals surface area (Å²) in [5.74, 6) is -0.607. The number of hydrogen-bond acceptors (Lipinski definition) is 6. The van der Waals surface area contributed by atoms with Crippen molar-refractivity contribution in [2.45, 2.75) is 0 Å². The van der Waals surface area contributed by atoms with Crippen LogP contribution in [0.5, 0.6) is 0 Å². The second kappa shape index (κ2) is 3.52. The number of carboxylic acid groups (broad SMARTS) is 1. The molecule has 0 bridgehead atoms. The Morgan fingerprint density at radius 1 is 1.33 bits per heavy atom. The number of hydrogen-bond donors (Lipinski definition) is 4. The van der Waals surface area contributed by atoms with Crippen LogP contribution in [0, 0.1) is 0 Å². The summed E-state index contributed by atoms with van der Waals surface area (Å²) < 4.78 is 0. The highest BCUT2D eigenvalue weighted by Crippen LogP contribution is 2.21. The van der Waals surface area contributed by atoms with E-state index in [2.05, 4.69) is 29.9 Å². The lowest BCUT2D eigenvalue weighted by atomic mass is 10.3. The molecule has 90 valence electrons. The van der Waals surface area contributed by atoms with Gasteiger partial charge in [-0.05, 0) is 0 Å². The summed E-state index contributed by atoms with van der Waals surface area (Å²) >= 11 is 0. The Balaban J connectivity index is 2.23. The molecule has 3 rings (SSSR count). The lowest BCUT2D eigenvalue weighted by Crippen LogP contribution is -1.99. The van der Waals surface area contributed by atoms with Crippen molar-refractivity contribution < 1.29 is 9.90 Å². The molecular formula is C9H7N7O2. The molecule has 3 heterocycles. The fourth-order valence-corrected chi connectivity index (χ4v) is 1.60. The van der Waals surface area contributed by atoms with Gasteiger partial charge in [-0.15, -0.1) is 0 Å². The Morgan fingerprint density at radius 2 is 2.17 bits per heavy atom. The minimum Gasteiger partial charge on any atom is -0.477 e. The molecule has 0 aliphatic carbocycles. The molecular weight excluding hydrogens is 238 g/mol. The summed E-state index contributed by atoms with van der Waals surface area (Å²) in [5.41, 5.74) is 6.60. The molecule has 0 fully saturated rings. The Morgan fingerprint density at radius 3 is 2.89 bits per heavy atom. The van der Waals surface area contributed by atoms with Gasteiger partial charge in [0.15, 0.2) is 23.0 Å². The molecule has 0 amide bonds. The number of H-pyrrole nitrogens is 2. The summed E-state index contributed by atoms with van der Waals surface area (Å²) in [7, 11) is 0. The van der Waals surface area contributed by atoms with Crippen LogP contribution in [0.1, 0.15) is 10.5 Å². The third-order valence-corrected chi connectivity index (χ3v) is 2.40. The summed E-state index contributed by atoms with van der Waals surface area (Å²) in [6.07, 6.45) is 2.56. The number of nitrogens with zero attached hydrogens (tertiary/aromatic N) is 4. The highest BCUT2D eigenvalue weighted by atomic mass is 16.4. The second-order valence-electron chi connectivity index (χ2n) is 3.47. The van der Waals surface area contributed by atoms with E-state index in [0.717, 1.165) is 0 Å². The number of aromatic amines is 2. The molecule has 0 spiro atoms. The predicted octanol–water partition coefficient (Wildman–Crippen LogP) is 0.0234. The van der Waals surface area contributed by atoms with E-state index in [1.165, 1.54) is 12.7 Å². The van der Waals surface area contributed by atoms with E-state index < -0.39 is 5.97 Å². The Kier molecular flexibility index (Phi) is 1.99. The van der Waals surface area contributed by atoms with E-state index >= 15 is 0 Å². The molecule has 0 aliphatic heterocycles. The zero-order valence-corrected chi connectivity index (χ0v) is 8.88. The first kappa shape index (κ1) is 10.2. The van der Waals surface area contributed by atoms with Gasteiger partial charge < -0.3 is 20.8 Å². The van der Waals surface area contributed by atoms with Gasteiger partial charge in [-0.2, -0.15) is 0 Å². The maximum absolute atomic E-state index is 11.0. The van der Waals surface area contributed by atoms with Gasteiger partial charge in [-0.1, -0.05) is 0 Å². The maximum Gasteiger partial charge on any atom is 0.354 e. The van der Waals surface area contributed by atoms with Crippen LogP contribution in [-0.2, 0) is 0 Å². The van der Waals surface area contributed by atoms with Crippen molar-refractivity contribution in [2.75, 3.05) is 5.73 Å². The Labute approximate surface area is 99.1 Å². The van der Waals surface area contributed by atoms with Crippen LogP contribution in [0.15, 0.2) is 12.7 Å². The summed E-state index contributed by atoms with van der Waals surface area (Å²) in [4.78, 5) is 32.1. The maximum atomic E-state index is 11.0. The molecule has 18 heavy (non-hydrogen) atoms. The van der Waals surface area contributed by atoms with Crippen LogP contribution in [0.25, 0.3) is 22.7 Å². The average Bonchev–Trinajstić information content (AvgIpc) is 2.95. The number of aromatic nitrogens is 6. The molecule has 0 aliphatic rings. The van der Waals surface area contributed by atoms with Crippen LogP contribution in [-0.4, -0.2) is 41.0 Å². The van der Waals surface area contributed by atoms with Crippen LogP contribution in [0.3, 0.4) is 0 Å². The predicted molar refractivity (Wildman–Crippen MR) is 60.6 cm³/mol. The monoisotopic (exact) mass is 245 g/mol. The van der Waals surface area contributed by atoms with Gasteiger partial charge in [0.1, 0.15) is 17.5 Å². The van der Waals surface area contributed by atoms with Crippen molar-refractivity contribution in [1.29, 1.82) is 0 Å². The number of anilines is 1. The molecule has 3 aromatic heterocycles.